The number of ether oxygens (including phenoxy) is 1. The van der Waals surface area contributed by atoms with Crippen LogP contribution in [0.4, 0.5) is 5.69 Å². The van der Waals surface area contributed by atoms with Gasteiger partial charge in [0.2, 0.25) is 11.5 Å². The van der Waals surface area contributed by atoms with E-state index in [1.165, 1.54) is 6.07 Å². The van der Waals surface area contributed by atoms with E-state index >= 15 is 0 Å². The standard InChI is InChI=1S/C14H15ClN2O3/c1-20-8-9-6-14(19)17-12-7-10(2-3-11(9)12)16-13(18)4-5-15/h2-3,6-7H,4-5,8H2,1H3,(H,16,18)(H,17,19). The van der Waals surface area contributed by atoms with Gasteiger partial charge < -0.3 is 15.0 Å². The van der Waals surface area contributed by atoms with Crippen molar-refractivity contribution in [2.24, 2.45) is 0 Å². The van der Waals surface area contributed by atoms with Crippen LogP contribution in [0.2, 0.25) is 0 Å². The fourth-order valence-corrected chi connectivity index (χ4v) is 2.17. The number of amides is 1. The van der Waals surface area contributed by atoms with E-state index in [0.29, 0.717) is 17.8 Å². The highest BCUT2D eigenvalue weighted by Crippen LogP contribution is 2.20. The van der Waals surface area contributed by atoms with Crippen molar-refractivity contribution in [3.63, 3.8) is 0 Å². The Bertz CT molecular complexity index is 682. The number of carbonyl (C=O) groups excluding carboxylic acids is 1. The molecule has 2 rings (SSSR count). The second kappa shape index (κ2) is 6.54. The van der Waals surface area contributed by atoms with E-state index in [1.807, 2.05) is 6.07 Å². The highest BCUT2D eigenvalue weighted by atomic mass is 35.5. The number of hydrogen-bond acceptors (Lipinski definition) is 3. The van der Waals surface area contributed by atoms with Gasteiger partial charge in [-0.1, -0.05) is 6.07 Å². The molecule has 20 heavy (non-hydrogen) atoms. The maximum atomic E-state index is 11.6. The Kier molecular flexibility index (Phi) is 4.76. The number of pyridine rings is 1. The normalized spacial score (nSPS) is 10.7. The number of nitrogens with one attached hydrogen (secondary N) is 2. The van der Waals surface area contributed by atoms with Crippen LogP contribution in [0.15, 0.2) is 29.1 Å². The number of carbonyl (C=O) groups is 1. The van der Waals surface area contributed by atoms with E-state index < -0.39 is 0 Å². The molecule has 2 aromatic rings. The summed E-state index contributed by atoms with van der Waals surface area (Å²) >= 11 is 5.51. The summed E-state index contributed by atoms with van der Waals surface area (Å²) in [5.41, 5.74) is 1.89. The van der Waals surface area contributed by atoms with Gasteiger partial charge in [0.25, 0.3) is 0 Å². The second-order valence-electron chi connectivity index (χ2n) is 4.34. The van der Waals surface area contributed by atoms with Crippen LogP contribution in [-0.4, -0.2) is 23.9 Å². The Hall–Kier alpha value is -1.85. The molecular formula is C14H15ClN2O3. The van der Waals surface area contributed by atoms with Crippen LogP contribution < -0.4 is 10.9 Å². The Morgan fingerprint density at radius 1 is 1.40 bits per heavy atom. The Morgan fingerprint density at radius 3 is 2.90 bits per heavy atom. The molecular weight excluding hydrogens is 280 g/mol. The number of hydrogen-bond donors (Lipinski definition) is 2. The lowest BCUT2D eigenvalue weighted by molar-refractivity contribution is -0.115. The van der Waals surface area contributed by atoms with Crippen molar-refractivity contribution in [2.45, 2.75) is 13.0 Å². The lowest BCUT2D eigenvalue weighted by atomic mass is 10.1. The van der Waals surface area contributed by atoms with Crippen molar-refractivity contribution in [3.05, 3.63) is 40.2 Å². The molecule has 0 spiro atoms. The molecule has 106 valence electrons. The number of H-pyrrole nitrogens is 1. The van der Waals surface area contributed by atoms with Gasteiger partial charge in [0.05, 0.1) is 12.1 Å². The Balaban J connectivity index is 2.39. The van der Waals surface area contributed by atoms with Crippen LogP contribution in [0.25, 0.3) is 10.9 Å². The van der Waals surface area contributed by atoms with Gasteiger partial charge in [0.15, 0.2) is 0 Å². The van der Waals surface area contributed by atoms with Crippen LogP contribution in [0, 0.1) is 0 Å². The number of aromatic amines is 1. The minimum absolute atomic E-state index is 0.158. The molecule has 1 aromatic heterocycles. The first-order chi connectivity index (χ1) is 9.63. The molecule has 0 aliphatic heterocycles. The van der Waals surface area contributed by atoms with Gasteiger partial charge in [-0.2, -0.15) is 0 Å². The molecule has 1 amide bonds. The van der Waals surface area contributed by atoms with Gasteiger partial charge in [-0.05, 0) is 17.7 Å². The first kappa shape index (κ1) is 14.6. The molecule has 1 heterocycles. The predicted octanol–water partition coefficient (Wildman–Crippen LogP) is 2.24. The van der Waals surface area contributed by atoms with E-state index in [0.717, 1.165) is 10.9 Å². The average Bonchev–Trinajstić information content (AvgIpc) is 2.38. The van der Waals surface area contributed by atoms with E-state index in [2.05, 4.69) is 10.3 Å². The molecule has 0 fully saturated rings. The van der Waals surface area contributed by atoms with Gasteiger partial charge in [-0.3, -0.25) is 9.59 Å². The lowest BCUT2D eigenvalue weighted by Crippen LogP contribution is -2.12. The molecule has 0 aliphatic rings. The molecule has 0 unspecified atom stereocenters. The Labute approximate surface area is 120 Å². The molecule has 0 bridgehead atoms. The summed E-state index contributed by atoms with van der Waals surface area (Å²) in [6, 6.07) is 6.86. The minimum Gasteiger partial charge on any atom is -0.380 e. The topological polar surface area (TPSA) is 71.2 Å². The van der Waals surface area contributed by atoms with Gasteiger partial charge in [-0.15, -0.1) is 11.6 Å². The summed E-state index contributed by atoms with van der Waals surface area (Å²) < 4.78 is 5.08. The number of methoxy groups -OCH3 is 1. The van der Waals surface area contributed by atoms with Crippen LogP contribution in [0.5, 0.6) is 0 Å². The first-order valence-corrected chi connectivity index (χ1v) is 6.68. The Morgan fingerprint density at radius 2 is 2.20 bits per heavy atom. The summed E-state index contributed by atoms with van der Waals surface area (Å²) in [4.78, 5) is 25.8. The zero-order valence-electron chi connectivity index (χ0n) is 11.0. The van der Waals surface area contributed by atoms with Crippen LogP contribution >= 0.6 is 11.6 Å². The number of benzene rings is 1. The van der Waals surface area contributed by atoms with Gasteiger partial charge in [0, 0.05) is 36.6 Å². The highest BCUT2D eigenvalue weighted by molar-refractivity contribution is 6.19. The highest BCUT2D eigenvalue weighted by Gasteiger charge is 2.06. The molecule has 0 aliphatic carbocycles. The van der Waals surface area contributed by atoms with Gasteiger partial charge >= 0.3 is 0 Å². The number of alkyl halides is 1. The van der Waals surface area contributed by atoms with Crippen LogP contribution in [0.3, 0.4) is 0 Å². The predicted molar refractivity (Wildman–Crippen MR) is 79.2 cm³/mol. The van der Waals surface area contributed by atoms with Crippen LogP contribution in [-0.2, 0) is 16.1 Å². The zero-order valence-corrected chi connectivity index (χ0v) is 11.8. The van der Waals surface area contributed by atoms with Crippen molar-refractivity contribution >= 4 is 34.1 Å². The third kappa shape index (κ3) is 3.37. The van der Waals surface area contributed by atoms with Gasteiger partial charge in [0.1, 0.15) is 0 Å². The molecule has 6 heteroatoms. The molecule has 0 saturated carbocycles. The van der Waals surface area contributed by atoms with Crippen LogP contribution in [0.1, 0.15) is 12.0 Å². The smallest absolute Gasteiger partial charge is 0.248 e. The van der Waals surface area contributed by atoms with Crippen molar-refractivity contribution < 1.29 is 9.53 Å². The number of aromatic nitrogens is 1. The average molecular weight is 295 g/mol. The molecule has 2 N–H and O–H groups in total. The summed E-state index contributed by atoms with van der Waals surface area (Å²) in [6.07, 6.45) is 0.250. The van der Waals surface area contributed by atoms with Crippen molar-refractivity contribution in [2.75, 3.05) is 18.3 Å². The summed E-state index contributed by atoms with van der Waals surface area (Å²) in [6.45, 7) is 0.359. The first-order valence-electron chi connectivity index (χ1n) is 6.14. The third-order valence-electron chi connectivity index (χ3n) is 2.83. The minimum atomic E-state index is -0.200. The van der Waals surface area contributed by atoms with E-state index in [9.17, 15) is 9.59 Å². The SMILES string of the molecule is COCc1cc(=O)[nH]c2cc(NC(=O)CCCl)ccc12. The maximum absolute atomic E-state index is 11.6. The molecule has 0 atom stereocenters. The number of anilines is 1. The zero-order chi connectivity index (χ0) is 14.5. The van der Waals surface area contributed by atoms with E-state index in [-0.39, 0.29) is 23.8 Å². The lowest BCUT2D eigenvalue weighted by Gasteiger charge is -2.08. The fraction of sp³-hybridized carbons (Fsp3) is 0.286. The van der Waals surface area contributed by atoms with Gasteiger partial charge in [-0.25, -0.2) is 0 Å². The quantitative estimate of drug-likeness (QED) is 0.831. The molecule has 0 radical (unpaired) electrons. The van der Waals surface area contributed by atoms with Crippen molar-refractivity contribution in [3.8, 4) is 0 Å². The van der Waals surface area contributed by atoms with Crippen molar-refractivity contribution in [1.29, 1.82) is 0 Å². The maximum Gasteiger partial charge on any atom is 0.248 e. The summed E-state index contributed by atoms with van der Waals surface area (Å²) in [7, 11) is 1.58. The molecule has 1 aromatic carbocycles. The monoisotopic (exact) mass is 294 g/mol. The summed E-state index contributed by atoms with van der Waals surface area (Å²) in [5.74, 6) is 0.114. The van der Waals surface area contributed by atoms with E-state index in [1.54, 1.807) is 19.2 Å². The number of halogens is 1. The van der Waals surface area contributed by atoms with Crippen molar-refractivity contribution in [1.82, 2.24) is 4.98 Å². The molecule has 5 nitrogen and oxygen atoms in total. The van der Waals surface area contributed by atoms with E-state index in [4.69, 9.17) is 16.3 Å². The number of rotatable bonds is 5. The second-order valence-corrected chi connectivity index (χ2v) is 4.72. The largest absolute Gasteiger partial charge is 0.380 e. The fourth-order valence-electron chi connectivity index (χ4n) is 1.99. The summed E-state index contributed by atoms with van der Waals surface area (Å²) in [5, 5.41) is 3.62. The molecule has 0 saturated heterocycles. The number of fused-ring (bicyclic) bond motifs is 1. The third-order valence-corrected chi connectivity index (χ3v) is 3.02.